The Morgan fingerprint density at radius 2 is 0.815 bits per heavy atom. The summed E-state index contributed by atoms with van der Waals surface area (Å²) in [4.78, 5) is 23.3. The van der Waals surface area contributed by atoms with Crippen molar-refractivity contribution >= 4 is 13.7 Å². The van der Waals surface area contributed by atoms with Crippen LogP contribution in [0.2, 0.25) is 0 Å². The summed E-state index contributed by atoms with van der Waals surface area (Å²) in [7, 11) is 1.59. The lowest BCUT2D eigenvalue weighted by Crippen LogP contribution is -2.45. The fraction of sp³-hybridized carbons (Fsp3) is 0.946. The van der Waals surface area contributed by atoms with Crippen molar-refractivity contribution in [1.82, 2.24) is 5.32 Å². The van der Waals surface area contributed by atoms with Gasteiger partial charge in [0.25, 0.3) is 0 Å². The zero-order valence-corrected chi connectivity index (χ0v) is 45.2. The van der Waals surface area contributed by atoms with Gasteiger partial charge in [-0.2, -0.15) is 0 Å². The number of rotatable bonds is 53. The van der Waals surface area contributed by atoms with Crippen molar-refractivity contribution < 1.29 is 32.9 Å². The third kappa shape index (κ3) is 50.9. The number of aliphatic hydroxyl groups is 1. The quantitative estimate of drug-likeness (QED) is 0.0243. The molecule has 0 spiro atoms. The number of quaternary nitrogens is 1. The van der Waals surface area contributed by atoms with Crippen LogP contribution in [0.1, 0.15) is 290 Å². The summed E-state index contributed by atoms with van der Waals surface area (Å²) in [5.41, 5.74) is 0. The molecule has 0 radical (unpaired) electrons. The first-order valence-corrected chi connectivity index (χ1v) is 30.1. The monoisotopic (exact) mass is 942 g/mol. The van der Waals surface area contributed by atoms with Crippen molar-refractivity contribution in [3.8, 4) is 0 Å². The van der Waals surface area contributed by atoms with Gasteiger partial charge in [0.05, 0.1) is 39.9 Å². The van der Waals surface area contributed by atoms with Crippen LogP contribution in [0.5, 0.6) is 0 Å². The standard InChI is InChI=1S/C56H113N2O6P/c1-6-8-10-12-14-16-18-20-22-23-24-25-26-27-28-29-30-31-32-33-34-36-38-40-42-44-46-48-50-56(60)57-54(53-64-65(61,62)63-52-51-58(3,4)5)55(59)49-47-45-43-41-39-37-35-21-19-17-15-13-11-9-7-2/h47,49,54-55,59H,6-46,48,50-53H2,1-5H3,(H-,57,60,61,62)/p+1/b49-47+. The fourth-order valence-electron chi connectivity index (χ4n) is 8.75. The van der Waals surface area contributed by atoms with E-state index in [1.165, 1.54) is 238 Å². The number of allylic oxidation sites excluding steroid dienone is 1. The van der Waals surface area contributed by atoms with Gasteiger partial charge in [-0.05, 0) is 19.3 Å². The fourth-order valence-corrected chi connectivity index (χ4v) is 9.49. The summed E-state index contributed by atoms with van der Waals surface area (Å²) >= 11 is 0. The molecule has 0 rings (SSSR count). The first-order chi connectivity index (χ1) is 31.5. The maximum absolute atomic E-state index is 13.0. The van der Waals surface area contributed by atoms with E-state index in [1.807, 2.05) is 27.2 Å². The van der Waals surface area contributed by atoms with Gasteiger partial charge in [0, 0.05) is 6.42 Å². The van der Waals surface area contributed by atoms with E-state index in [4.69, 9.17) is 9.05 Å². The van der Waals surface area contributed by atoms with E-state index < -0.39 is 20.0 Å². The van der Waals surface area contributed by atoms with Crippen molar-refractivity contribution in [2.45, 2.75) is 302 Å². The summed E-state index contributed by atoms with van der Waals surface area (Å²) in [5, 5.41) is 13.9. The van der Waals surface area contributed by atoms with Gasteiger partial charge in [-0.3, -0.25) is 13.8 Å². The highest BCUT2D eigenvalue weighted by atomic mass is 31.2. The van der Waals surface area contributed by atoms with Gasteiger partial charge >= 0.3 is 7.82 Å². The Bertz CT molecular complexity index is 1070. The number of amides is 1. The number of hydrogen-bond acceptors (Lipinski definition) is 5. The average molecular weight is 943 g/mol. The molecule has 0 aromatic heterocycles. The van der Waals surface area contributed by atoms with Crippen LogP contribution >= 0.6 is 7.82 Å². The Labute approximate surface area is 405 Å². The van der Waals surface area contributed by atoms with Crippen LogP contribution in [0, 0.1) is 0 Å². The first kappa shape index (κ1) is 64.2. The summed E-state index contributed by atoms with van der Waals surface area (Å²) < 4.78 is 23.7. The van der Waals surface area contributed by atoms with Gasteiger partial charge in [0.1, 0.15) is 13.2 Å². The van der Waals surface area contributed by atoms with E-state index in [1.54, 1.807) is 6.08 Å². The van der Waals surface area contributed by atoms with E-state index in [0.29, 0.717) is 17.4 Å². The van der Waals surface area contributed by atoms with Crippen molar-refractivity contribution in [2.75, 3.05) is 40.9 Å². The van der Waals surface area contributed by atoms with E-state index in [2.05, 4.69) is 19.2 Å². The Morgan fingerprint density at radius 3 is 1.14 bits per heavy atom. The molecule has 0 aliphatic carbocycles. The second-order valence-corrected chi connectivity index (χ2v) is 22.5. The predicted molar refractivity (Wildman–Crippen MR) is 282 cm³/mol. The van der Waals surface area contributed by atoms with Crippen LogP contribution in [0.3, 0.4) is 0 Å². The minimum absolute atomic E-state index is 0.0650. The van der Waals surface area contributed by atoms with Crippen LogP contribution in [0.15, 0.2) is 12.2 Å². The number of likely N-dealkylation sites (N-methyl/N-ethyl adjacent to an activating group) is 1. The van der Waals surface area contributed by atoms with Crippen LogP contribution in [0.25, 0.3) is 0 Å². The van der Waals surface area contributed by atoms with Crippen molar-refractivity contribution in [3.05, 3.63) is 12.2 Å². The lowest BCUT2D eigenvalue weighted by atomic mass is 10.0. The van der Waals surface area contributed by atoms with Gasteiger partial charge in [-0.1, -0.05) is 276 Å². The molecule has 0 saturated carbocycles. The van der Waals surface area contributed by atoms with Crippen molar-refractivity contribution in [2.24, 2.45) is 0 Å². The highest BCUT2D eigenvalue weighted by Gasteiger charge is 2.27. The largest absolute Gasteiger partial charge is 0.472 e. The predicted octanol–water partition coefficient (Wildman–Crippen LogP) is 17.0. The molecule has 0 aliphatic heterocycles. The third-order valence-electron chi connectivity index (χ3n) is 13.3. The van der Waals surface area contributed by atoms with Gasteiger partial charge in [0.2, 0.25) is 5.91 Å². The van der Waals surface area contributed by atoms with Crippen LogP contribution in [-0.4, -0.2) is 73.4 Å². The first-order valence-electron chi connectivity index (χ1n) is 28.6. The molecular weight excluding hydrogens is 828 g/mol. The van der Waals surface area contributed by atoms with Gasteiger partial charge in [-0.15, -0.1) is 0 Å². The van der Waals surface area contributed by atoms with Crippen LogP contribution < -0.4 is 5.32 Å². The Kier molecular flexibility index (Phi) is 47.7. The Morgan fingerprint density at radius 1 is 0.508 bits per heavy atom. The highest BCUT2D eigenvalue weighted by molar-refractivity contribution is 7.47. The van der Waals surface area contributed by atoms with E-state index >= 15 is 0 Å². The normalized spacial score (nSPS) is 14.0. The molecule has 0 saturated heterocycles. The minimum Gasteiger partial charge on any atom is -0.387 e. The molecule has 0 aromatic carbocycles. The van der Waals surface area contributed by atoms with Crippen LogP contribution in [-0.2, 0) is 18.4 Å². The number of nitrogens with one attached hydrogen (secondary N) is 1. The Hall–Kier alpha value is -0.760. The number of carbonyl (C=O) groups is 1. The topological polar surface area (TPSA) is 105 Å². The lowest BCUT2D eigenvalue weighted by Gasteiger charge is -2.25. The molecule has 0 aliphatic rings. The third-order valence-corrected chi connectivity index (χ3v) is 14.2. The highest BCUT2D eigenvalue weighted by Crippen LogP contribution is 2.43. The summed E-state index contributed by atoms with van der Waals surface area (Å²) in [5.74, 6) is -0.170. The second-order valence-electron chi connectivity index (χ2n) is 21.0. The lowest BCUT2D eigenvalue weighted by molar-refractivity contribution is -0.870. The second kappa shape index (κ2) is 48.3. The molecule has 0 fully saturated rings. The van der Waals surface area contributed by atoms with Gasteiger partial charge in [-0.25, -0.2) is 4.57 Å². The van der Waals surface area contributed by atoms with Crippen molar-refractivity contribution in [3.63, 3.8) is 0 Å². The number of phosphoric ester groups is 1. The number of nitrogens with zero attached hydrogens (tertiary/aromatic N) is 1. The molecule has 65 heavy (non-hydrogen) atoms. The van der Waals surface area contributed by atoms with Crippen LogP contribution in [0.4, 0.5) is 0 Å². The van der Waals surface area contributed by atoms with E-state index in [0.717, 1.165) is 32.1 Å². The zero-order valence-electron chi connectivity index (χ0n) is 44.3. The maximum atomic E-state index is 13.0. The minimum atomic E-state index is -4.34. The molecule has 0 bridgehead atoms. The van der Waals surface area contributed by atoms with Gasteiger partial charge < -0.3 is 19.8 Å². The smallest absolute Gasteiger partial charge is 0.387 e. The van der Waals surface area contributed by atoms with Gasteiger partial charge in [0.15, 0.2) is 0 Å². The van der Waals surface area contributed by atoms with E-state index in [9.17, 15) is 19.4 Å². The van der Waals surface area contributed by atoms with E-state index in [-0.39, 0.29) is 19.1 Å². The molecule has 0 heterocycles. The number of aliphatic hydroxyl groups excluding tert-OH is 1. The molecular formula is C56H114N2O6P+. The van der Waals surface area contributed by atoms with Crippen molar-refractivity contribution in [1.29, 1.82) is 0 Å². The zero-order chi connectivity index (χ0) is 47.8. The summed E-state index contributed by atoms with van der Waals surface area (Å²) in [6.07, 6.45) is 58.9. The molecule has 9 heteroatoms. The molecule has 3 unspecified atom stereocenters. The number of phosphoric acid groups is 1. The summed E-state index contributed by atoms with van der Waals surface area (Å²) in [6.45, 7) is 4.86. The summed E-state index contributed by atoms with van der Waals surface area (Å²) in [6, 6.07) is -0.841. The molecule has 3 atom stereocenters. The number of carbonyl (C=O) groups excluding carboxylic acids is 1. The molecule has 3 N–H and O–H groups in total. The number of unbranched alkanes of at least 4 members (excludes halogenated alkanes) is 40. The molecule has 8 nitrogen and oxygen atoms in total. The molecule has 388 valence electrons. The number of hydrogen-bond donors (Lipinski definition) is 3. The molecule has 1 amide bonds. The Balaban J connectivity index is 4.08. The maximum Gasteiger partial charge on any atom is 0.472 e. The SMILES string of the molecule is CCCCCCCCCCCCCCC/C=C/C(O)C(COP(=O)(O)OCC[N+](C)(C)C)NC(=O)CCCCCCCCCCCCCCCCCCCCCCCCCCCCCC. The molecule has 0 aromatic rings. The average Bonchev–Trinajstić information content (AvgIpc) is 3.26.